The molecule has 24 heteroatoms. The Kier molecular flexibility index (Phi) is 11.3. The van der Waals surface area contributed by atoms with Crippen LogP contribution in [0.1, 0.15) is 6.23 Å². The fraction of sp³-hybridized carbons (Fsp3) is 0.500. The van der Waals surface area contributed by atoms with E-state index in [9.17, 15) is 43.4 Å². The Balaban J connectivity index is 0.00000289. The smallest absolute Gasteiger partial charge is 0.756 e. The van der Waals surface area contributed by atoms with Crippen molar-refractivity contribution in [3.63, 3.8) is 0 Å². The second kappa shape index (κ2) is 11.9. The predicted molar refractivity (Wildman–Crippen MR) is 93.9 cm³/mol. The van der Waals surface area contributed by atoms with Crippen LogP contribution >= 0.6 is 23.5 Å². The molecule has 3 heterocycles. The molecule has 1 saturated heterocycles. The number of rotatable bonds is 8. The van der Waals surface area contributed by atoms with Crippen LogP contribution in [0.5, 0.6) is 0 Å². The number of hydrogen-bond acceptors (Lipinski definition) is 15. The van der Waals surface area contributed by atoms with Crippen molar-refractivity contribution in [2.24, 2.45) is 0 Å². The minimum Gasteiger partial charge on any atom is -0.756 e. The van der Waals surface area contributed by atoms with Crippen LogP contribution in [-0.4, -0.2) is 64.4 Å². The SMILES string of the molecule is [15NH2][13c]1[15n][13c]2[13c]([15n][13cH][15n]2[13C@@H]2O[13C@H]([13CH2]OP(=O)(O)OP(=O)([O-])OP(=O)([O-])O)[13C@@H](O)[13C@H]2O)[13c](=O)[15nH]1.[Na+].[Na+]. The predicted octanol–water partition coefficient (Wildman–Crippen LogP) is -9.59. The molecule has 0 aliphatic carbocycles. The van der Waals surface area contributed by atoms with Crippen molar-refractivity contribution in [1.82, 2.24) is 19.5 Å². The number of phosphoric acid groups is 3. The Morgan fingerprint density at radius 1 is 1.18 bits per heavy atom. The zero-order valence-corrected chi connectivity index (χ0v) is 23.9. The Morgan fingerprint density at radius 2 is 1.79 bits per heavy atom. The Bertz CT molecular complexity index is 1220. The van der Waals surface area contributed by atoms with Gasteiger partial charge in [0, 0.05) is 0 Å². The summed E-state index contributed by atoms with van der Waals surface area (Å²) in [5.41, 5.74) is 4.45. The first-order valence-electron chi connectivity index (χ1n) is 8.07. The summed E-state index contributed by atoms with van der Waals surface area (Å²) >= 11 is 0. The van der Waals surface area contributed by atoms with Gasteiger partial charge in [-0.15, -0.1) is 0 Å². The Labute approximate surface area is 232 Å². The number of aromatic nitrogens is 4. The number of fused-ring (bicyclic) bond motifs is 1. The van der Waals surface area contributed by atoms with E-state index in [2.05, 4.69) is 28.1 Å². The molecular weight excluding hydrogens is 568 g/mol. The van der Waals surface area contributed by atoms with E-state index in [0.29, 0.717) is 0 Å². The van der Waals surface area contributed by atoms with E-state index in [0.717, 1.165) is 10.9 Å². The largest absolute Gasteiger partial charge is 1.00 e. The quantitative estimate of drug-likeness (QED) is 0.0728. The average Bonchev–Trinajstić information content (AvgIpc) is 3.12. The molecule has 1 fully saturated rings. The minimum atomic E-state index is -6.04. The third-order valence-corrected chi connectivity index (χ3v) is 7.60. The number of nitrogens with one attached hydrogen (secondary N) is 1. The summed E-state index contributed by atoms with van der Waals surface area (Å²) in [6.45, 7) is -1.06. The molecule has 180 valence electrons. The standard InChI is InChI=1S/C10H16N5O14P3.2Na/c11-10-13-7-4(8(18)14-10)12-2-15(7)9-6(17)5(16)3(27-9)1-26-31(22,23)29-32(24,25)28-30(19,20)21;;/h2-3,5-6,9,16-17H,1H2,(H,22,23)(H,24,25)(H2,19,20,21)(H3,11,13,14,18);;/q;2*+1/p-2/t3-,5-,6-,9-;;/m1../s1/i1+1,2+1,3+1,4+1,5+1,6+1,7+1,8+1,9+1,10+1,11+1,12+1,13+1,14+1,15+1;;. The van der Waals surface area contributed by atoms with Crippen LogP contribution < -0.4 is 80.2 Å². The molecule has 34 heavy (non-hydrogen) atoms. The molecule has 0 bridgehead atoms. The van der Waals surface area contributed by atoms with E-state index in [1.807, 2.05) is 0 Å². The van der Waals surface area contributed by atoms with E-state index in [1.165, 1.54) is 0 Å². The van der Waals surface area contributed by atoms with Crippen LogP contribution in [0.3, 0.4) is 0 Å². The number of H-pyrrole nitrogens is 1. The van der Waals surface area contributed by atoms with E-state index in [-0.39, 0.29) is 76.2 Å². The van der Waals surface area contributed by atoms with Gasteiger partial charge in [-0.3, -0.25) is 28.0 Å². The van der Waals surface area contributed by atoms with Crippen molar-refractivity contribution in [2.75, 3.05) is 12.3 Å². The van der Waals surface area contributed by atoms with Crippen LogP contribution in [0.2, 0.25) is 0 Å². The number of ether oxygens (including phenoxy) is 1. The third kappa shape index (κ3) is 7.97. The zero-order chi connectivity index (χ0) is 24.1. The number of aromatic amines is 1. The number of nitrogens with zero attached hydrogens (tertiary/aromatic N) is 3. The summed E-state index contributed by atoms with van der Waals surface area (Å²) < 4.78 is 50.8. The number of nitrogen functional groups attached to an aromatic ring is 1. The van der Waals surface area contributed by atoms with Crippen LogP contribution in [0.4, 0.5) is 5.95 Å². The van der Waals surface area contributed by atoms with Gasteiger partial charge in [0.05, 0.1) is 12.9 Å². The van der Waals surface area contributed by atoms with Gasteiger partial charge in [0.15, 0.2) is 17.4 Å². The number of phosphoric ester groups is 1. The average molecular weight is 582 g/mol. The molecule has 3 unspecified atom stereocenters. The third-order valence-electron chi connectivity index (χ3n) is 3.87. The van der Waals surface area contributed by atoms with Crippen molar-refractivity contribution in [2.45, 2.75) is 24.5 Å². The maximum atomic E-state index is 11.8. The molecule has 19 nitrogen and oxygen atoms in total. The summed E-state index contributed by atoms with van der Waals surface area (Å²) in [7, 11) is -17.5. The van der Waals surface area contributed by atoms with Crippen LogP contribution in [0.15, 0.2) is 11.1 Å². The normalized spacial score (nSPS) is 27.7. The molecule has 1 aliphatic heterocycles. The monoisotopic (exact) mass is 582 g/mol. The van der Waals surface area contributed by atoms with Gasteiger partial charge < -0.3 is 40.3 Å². The van der Waals surface area contributed by atoms with Crippen LogP contribution in [0.25, 0.3) is 11.2 Å². The molecule has 3 rings (SSSR count). The number of hydrogen-bond donors (Lipinski definition) is 6. The fourth-order valence-corrected chi connectivity index (χ4v) is 5.62. The number of nitrogens with two attached hydrogens (primary N) is 1. The van der Waals surface area contributed by atoms with Gasteiger partial charge in [0.2, 0.25) is 5.95 Å². The first-order valence-corrected chi connectivity index (χ1v) is 12.5. The maximum absolute atomic E-state index is 11.8. The van der Waals surface area contributed by atoms with Gasteiger partial charge in [0.1, 0.15) is 18.3 Å². The van der Waals surface area contributed by atoms with Crippen LogP contribution in [0, 0.1) is 0 Å². The van der Waals surface area contributed by atoms with E-state index in [4.69, 9.17) is 15.4 Å². The summed E-state index contributed by atoms with van der Waals surface area (Å²) in [6.07, 6.45) is -5.45. The molecule has 0 amide bonds. The topological polar surface area (TPSA) is 305 Å². The fourth-order valence-electron chi connectivity index (χ4n) is 2.68. The van der Waals surface area contributed by atoms with E-state index < -0.39 is 60.2 Å². The molecule has 2 aromatic heterocycles. The molecule has 1 aliphatic rings. The molecule has 7 N–H and O–H groups in total. The molecule has 0 saturated carbocycles. The van der Waals surface area contributed by atoms with Gasteiger partial charge in [-0.05, 0) is 0 Å². The van der Waals surface area contributed by atoms with Crippen molar-refractivity contribution in [3.8, 4) is 0 Å². The second-order valence-electron chi connectivity index (χ2n) is 6.16. The van der Waals surface area contributed by atoms with Crippen molar-refractivity contribution in [3.05, 3.63) is 16.7 Å². The molecule has 2 aromatic rings. The Morgan fingerprint density at radius 3 is 2.38 bits per heavy atom. The summed E-state index contributed by atoms with van der Waals surface area (Å²) in [5, 5.41) is 20.4. The number of aliphatic hydroxyl groups is 2. The van der Waals surface area contributed by atoms with Crippen LogP contribution in [-0.2, 0) is 31.6 Å². The first kappa shape index (κ1) is 32.5. The van der Waals surface area contributed by atoms with Gasteiger partial charge >= 0.3 is 66.9 Å². The van der Waals surface area contributed by atoms with E-state index >= 15 is 0 Å². The van der Waals surface area contributed by atoms with Gasteiger partial charge in [-0.2, -0.15) is 4.98 Å². The molecule has 7 atom stereocenters. The summed E-state index contributed by atoms with van der Waals surface area (Å²) in [4.78, 5) is 61.1. The van der Waals surface area contributed by atoms with E-state index in [1.54, 1.807) is 0 Å². The number of aliphatic hydroxyl groups excluding tert-OH is 2. The number of imidazole rings is 1. The van der Waals surface area contributed by atoms with Crippen molar-refractivity contribution < 1.29 is 120 Å². The van der Waals surface area contributed by atoms with Gasteiger partial charge in [-0.1, -0.05) is 0 Å². The van der Waals surface area contributed by atoms with Gasteiger partial charge in [0.25, 0.3) is 21.2 Å². The molecule has 0 spiro atoms. The minimum absolute atomic E-state index is 0. The molecule has 0 radical (unpaired) electrons. The number of anilines is 1. The van der Waals surface area contributed by atoms with Crippen molar-refractivity contribution >= 4 is 40.6 Å². The van der Waals surface area contributed by atoms with Gasteiger partial charge in [-0.25, -0.2) is 18.2 Å². The Hall–Kier alpha value is 0.440. The second-order valence-corrected chi connectivity index (χ2v) is 10.5. The molecular formula is C10H14N5Na2O14P3. The zero-order valence-electron chi connectivity index (χ0n) is 17.2. The maximum Gasteiger partial charge on any atom is 1.00 e. The molecule has 0 aromatic carbocycles. The summed E-state index contributed by atoms with van der Waals surface area (Å²) in [5.74, 6) is -0.287. The first-order chi connectivity index (χ1) is 14.6. The van der Waals surface area contributed by atoms with Crippen molar-refractivity contribution in [1.29, 1.82) is 0 Å². The summed E-state index contributed by atoms with van der Waals surface area (Å²) in [6, 6.07) is 0.